The van der Waals surface area contributed by atoms with Crippen LogP contribution >= 0.6 is 11.8 Å². The second-order valence-electron chi connectivity index (χ2n) is 5.47. The number of rotatable bonds is 5. The van der Waals surface area contributed by atoms with Crippen LogP contribution in [0.15, 0.2) is 29.2 Å². The van der Waals surface area contributed by atoms with Gasteiger partial charge in [-0.15, -0.1) is 11.8 Å². The maximum Gasteiger partial charge on any atom is 0.330 e. The van der Waals surface area contributed by atoms with Crippen LogP contribution in [0.2, 0.25) is 0 Å². The van der Waals surface area contributed by atoms with Crippen molar-refractivity contribution >= 4 is 17.7 Å². The standard InChI is InChI=1S/C16H23NO2S/c1-16(15(18)19-2,17-13-6-4-5-7-13)12-8-10-14(20-3)11-9-12/h8-11,13,17H,4-7H2,1-3H3. The molecule has 1 aromatic rings. The van der Waals surface area contributed by atoms with E-state index in [-0.39, 0.29) is 5.97 Å². The van der Waals surface area contributed by atoms with Crippen LogP contribution in [0.25, 0.3) is 0 Å². The Morgan fingerprint density at radius 2 is 1.90 bits per heavy atom. The molecule has 1 saturated carbocycles. The van der Waals surface area contributed by atoms with Crippen molar-refractivity contribution in [3.8, 4) is 0 Å². The smallest absolute Gasteiger partial charge is 0.330 e. The Kier molecular flexibility index (Phi) is 5.11. The van der Waals surface area contributed by atoms with Crippen LogP contribution in [0.5, 0.6) is 0 Å². The van der Waals surface area contributed by atoms with E-state index in [0.29, 0.717) is 6.04 Å². The first-order valence-corrected chi connectivity index (χ1v) is 8.33. The van der Waals surface area contributed by atoms with E-state index in [2.05, 4.69) is 17.4 Å². The van der Waals surface area contributed by atoms with Gasteiger partial charge in [0.2, 0.25) is 0 Å². The fourth-order valence-corrected chi connectivity index (χ4v) is 3.28. The molecule has 0 aromatic heterocycles. The van der Waals surface area contributed by atoms with Crippen LogP contribution in [0, 0.1) is 0 Å². The van der Waals surface area contributed by atoms with Gasteiger partial charge in [-0.2, -0.15) is 0 Å². The first-order valence-electron chi connectivity index (χ1n) is 7.11. The molecule has 1 N–H and O–H groups in total. The van der Waals surface area contributed by atoms with E-state index in [1.165, 1.54) is 24.8 Å². The molecular weight excluding hydrogens is 270 g/mol. The minimum Gasteiger partial charge on any atom is -0.467 e. The Bertz CT molecular complexity index is 454. The average molecular weight is 293 g/mol. The van der Waals surface area contributed by atoms with Gasteiger partial charge in [0.05, 0.1) is 7.11 Å². The van der Waals surface area contributed by atoms with E-state index in [1.54, 1.807) is 11.8 Å². The number of hydrogen-bond acceptors (Lipinski definition) is 4. The molecule has 1 atom stereocenters. The lowest BCUT2D eigenvalue weighted by Gasteiger charge is -2.32. The number of ether oxygens (including phenoxy) is 1. The molecule has 1 aliphatic rings. The molecule has 0 aliphatic heterocycles. The summed E-state index contributed by atoms with van der Waals surface area (Å²) < 4.78 is 5.03. The summed E-state index contributed by atoms with van der Waals surface area (Å²) in [5.41, 5.74) is 0.204. The van der Waals surface area contributed by atoms with Crippen LogP contribution in [0.3, 0.4) is 0 Å². The molecule has 4 heteroatoms. The quantitative estimate of drug-likeness (QED) is 0.667. The highest BCUT2D eigenvalue weighted by molar-refractivity contribution is 7.98. The third-order valence-electron chi connectivity index (χ3n) is 4.11. The average Bonchev–Trinajstić information content (AvgIpc) is 2.99. The second kappa shape index (κ2) is 6.64. The monoisotopic (exact) mass is 293 g/mol. The Balaban J connectivity index is 2.26. The molecular formula is C16H23NO2S. The van der Waals surface area contributed by atoms with Gasteiger partial charge >= 0.3 is 5.97 Å². The molecule has 1 unspecified atom stereocenters. The Hall–Kier alpha value is -1.00. The van der Waals surface area contributed by atoms with E-state index in [9.17, 15) is 4.79 Å². The third kappa shape index (κ3) is 3.18. The summed E-state index contributed by atoms with van der Waals surface area (Å²) in [6.07, 6.45) is 6.79. The molecule has 1 aliphatic carbocycles. The molecule has 1 fully saturated rings. The van der Waals surface area contributed by atoms with Gasteiger partial charge in [0.1, 0.15) is 5.54 Å². The predicted molar refractivity (Wildman–Crippen MR) is 83.0 cm³/mol. The van der Waals surface area contributed by atoms with Crippen LogP contribution in [0.1, 0.15) is 38.2 Å². The topological polar surface area (TPSA) is 38.3 Å². The molecule has 0 spiro atoms. The summed E-state index contributed by atoms with van der Waals surface area (Å²) in [4.78, 5) is 13.5. The van der Waals surface area contributed by atoms with Crippen molar-refractivity contribution in [3.05, 3.63) is 29.8 Å². The summed E-state index contributed by atoms with van der Waals surface area (Å²) in [5, 5.41) is 3.52. The molecule has 20 heavy (non-hydrogen) atoms. The van der Waals surface area contributed by atoms with Crippen LogP contribution in [0.4, 0.5) is 0 Å². The molecule has 3 nitrogen and oxygen atoms in total. The highest BCUT2D eigenvalue weighted by atomic mass is 32.2. The van der Waals surface area contributed by atoms with Gasteiger partial charge in [0.25, 0.3) is 0 Å². The fourth-order valence-electron chi connectivity index (χ4n) is 2.87. The third-order valence-corrected chi connectivity index (χ3v) is 4.85. The predicted octanol–water partition coefficient (Wildman–Crippen LogP) is 3.33. The number of thioether (sulfide) groups is 1. The molecule has 110 valence electrons. The van der Waals surface area contributed by atoms with Crippen molar-refractivity contribution in [1.29, 1.82) is 0 Å². The molecule has 0 amide bonds. The SMILES string of the molecule is COC(=O)C(C)(NC1CCCC1)c1ccc(SC)cc1. The minimum absolute atomic E-state index is 0.221. The second-order valence-corrected chi connectivity index (χ2v) is 6.35. The molecule has 0 bridgehead atoms. The van der Waals surface area contributed by atoms with E-state index in [0.717, 1.165) is 18.4 Å². The minimum atomic E-state index is -0.763. The summed E-state index contributed by atoms with van der Waals surface area (Å²) >= 11 is 1.70. The van der Waals surface area contributed by atoms with Crippen molar-refractivity contribution in [3.63, 3.8) is 0 Å². The first-order chi connectivity index (χ1) is 9.60. The van der Waals surface area contributed by atoms with E-state index < -0.39 is 5.54 Å². The molecule has 0 heterocycles. The number of benzene rings is 1. The largest absolute Gasteiger partial charge is 0.467 e. The molecule has 1 aromatic carbocycles. The Labute approximate surface area is 125 Å². The van der Waals surface area contributed by atoms with Gasteiger partial charge in [0.15, 0.2) is 0 Å². The van der Waals surface area contributed by atoms with Gasteiger partial charge in [-0.05, 0) is 43.7 Å². The van der Waals surface area contributed by atoms with Crippen molar-refractivity contribution in [2.24, 2.45) is 0 Å². The van der Waals surface area contributed by atoms with Gasteiger partial charge in [-0.1, -0.05) is 25.0 Å². The van der Waals surface area contributed by atoms with Crippen LogP contribution < -0.4 is 5.32 Å². The maximum atomic E-state index is 12.3. The lowest BCUT2D eigenvalue weighted by Crippen LogP contribution is -2.51. The first kappa shape index (κ1) is 15.4. The lowest BCUT2D eigenvalue weighted by molar-refractivity contribution is -0.148. The molecule has 0 radical (unpaired) electrons. The summed E-state index contributed by atoms with van der Waals surface area (Å²) in [5.74, 6) is -0.221. The maximum absolute atomic E-state index is 12.3. The van der Waals surface area contributed by atoms with Gasteiger partial charge in [-0.3, -0.25) is 5.32 Å². The van der Waals surface area contributed by atoms with Gasteiger partial charge in [-0.25, -0.2) is 4.79 Å². The summed E-state index contributed by atoms with van der Waals surface area (Å²) in [6.45, 7) is 1.92. The summed E-state index contributed by atoms with van der Waals surface area (Å²) in [7, 11) is 1.45. The zero-order chi connectivity index (χ0) is 14.6. The van der Waals surface area contributed by atoms with E-state index >= 15 is 0 Å². The van der Waals surface area contributed by atoms with Crippen molar-refractivity contribution in [2.75, 3.05) is 13.4 Å². The number of hydrogen-bond donors (Lipinski definition) is 1. The van der Waals surface area contributed by atoms with Crippen LogP contribution in [-0.2, 0) is 15.1 Å². The zero-order valence-electron chi connectivity index (χ0n) is 12.4. The van der Waals surface area contributed by atoms with Gasteiger partial charge in [0, 0.05) is 10.9 Å². The van der Waals surface area contributed by atoms with E-state index in [1.807, 2.05) is 25.3 Å². The number of esters is 1. The zero-order valence-corrected chi connectivity index (χ0v) is 13.3. The summed E-state index contributed by atoms with van der Waals surface area (Å²) in [6, 6.07) is 8.55. The lowest BCUT2D eigenvalue weighted by atomic mass is 9.90. The van der Waals surface area contributed by atoms with Crippen molar-refractivity contribution < 1.29 is 9.53 Å². The fraction of sp³-hybridized carbons (Fsp3) is 0.562. The van der Waals surface area contributed by atoms with Crippen molar-refractivity contribution in [2.45, 2.75) is 49.1 Å². The van der Waals surface area contributed by atoms with Crippen LogP contribution in [-0.4, -0.2) is 25.4 Å². The number of carbonyl (C=O) groups is 1. The normalized spacial score (nSPS) is 18.8. The molecule has 0 saturated heterocycles. The number of nitrogens with one attached hydrogen (secondary N) is 1. The van der Waals surface area contributed by atoms with Gasteiger partial charge < -0.3 is 4.74 Å². The number of methoxy groups -OCH3 is 1. The van der Waals surface area contributed by atoms with Crippen molar-refractivity contribution in [1.82, 2.24) is 5.32 Å². The Morgan fingerprint density at radius 1 is 1.30 bits per heavy atom. The highest BCUT2D eigenvalue weighted by Crippen LogP contribution is 2.29. The number of carbonyl (C=O) groups excluding carboxylic acids is 1. The van der Waals surface area contributed by atoms with E-state index in [4.69, 9.17) is 4.74 Å². The molecule has 2 rings (SSSR count). The Morgan fingerprint density at radius 3 is 2.40 bits per heavy atom. The highest BCUT2D eigenvalue weighted by Gasteiger charge is 2.38.